The van der Waals surface area contributed by atoms with Crippen LogP contribution in [0.4, 0.5) is 0 Å². The summed E-state index contributed by atoms with van der Waals surface area (Å²) < 4.78 is 6.32. The Labute approximate surface area is 177 Å². The molecule has 0 unspecified atom stereocenters. The molecule has 2 aromatic rings. The molecule has 0 saturated carbocycles. The van der Waals surface area contributed by atoms with Crippen LogP contribution in [0, 0.1) is 0 Å². The molecule has 158 valence electrons. The zero-order chi connectivity index (χ0) is 21.1. The average molecular weight is 408 g/mol. The molecule has 1 aliphatic carbocycles. The third kappa shape index (κ3) is 3.49. The van der Waals surface area contributed by atoms with Gasteiger partial charge in [0.25, 0.3) is 5.91 Å². The lowest BCUT2D eigenvalue weighted by atomic mass is 9.71. The van der Waals surface area contributed by atoms with E-state index in [-0.39, 0.29) is 29.4 Å². The highest BCUT2D eigenvalue weighted by Crippen LogP contribution is 2.52. The van der Waals surface area contributed by atoms with Gasteiger partial charge in [0.15, 0.2) is 0 Å². The van der Waals surface area contributed by atoms with E-state index in [4.69, 9.17) is 4.74 Å². The Morgan fingerprint density at radius 2 is 1.93 bits per heavy atom. The number of piperidine rings is 1. The maximum atomic E-state index is 13.0. The van der Waals surface area contributed by atoms with Gasteiger partial charge in [0.2, 0.25) is 5.91 Å². The first-order valence-corrected chi connectivity index (χ1v) is 10.8. The Morgan fingerprint density at radius 3 is 2.60 bits per heavy atom. The molecule has 0 radical (unpaired) electrons. The number of nitrogens with zero attached hydrogens (tertiary/aromatic N) is 2. The predicted octanol–water partition coefficient (Wildman–Crippen LogP) is 3.24. The molecular formula is C24H29N3O3. The van der Waals surface area contributed by atoms with Gasteiger partial charge >= 0.3 is 0 Å². The molecule has 1 aliphatic heterocycles. The van der Waals surface area contributed by atoms with E-state index < -0.39 is 0 Å². The summed E-state index contributed by atoms with van der Waals surface area (Å²) in [6, 6.07) is 11.6. The van der Waals surface area contributed by atoms with Gasteiger partial charge in [-0.1, -0.05) is 31.2 Å². The zero-order valence-electron chi connectivity index (χ0n) is 17.6. The summed E-state index contributed by atoms with van der Waals surface area (Å²) in [4.78, 5) is 31.2. The summed E-state index contributed by atoms with van der Waals surface area (Å²) in [5.74, 6) is 0.0498. The van der Waals surface area contributed by atoms with E-state index in [0.717, 1.165) is 18.4 Å². The maximum absolute atomic E-state index is 13.0. The minimum atomic E-state index is -0.234. The molecule has 1 N–H and O–H groups in total. The number of likely N-dealkylation sites (tertiary alicyclic amines) is 1. The van der Waals surface area contributed by atoms with Crippen molar-refractivity contribution in [1.82, 2.24) is 15.2 Å². The summed E-state index contributed by atoms with van der Waals surface area (Å²) >= 11 is 0. The Balaban J connectivity index is 1.66. The smallest absolute Gasteiger partial charge is 0.253 e. The molecular weight excluding hydrogens is 378 g/mol. The first kappa shape index (κ1) is 20.5. The topological polar surface area (TPSA) is 71.5 Å². The van der Waals surface area contributed by atoms with Gasteiger partial charge in [-0.15, -0.1) is 0 Å². The number of amides is 2. The highest BCUT2D eigenvalue weighted by atomic mass is 16.5. The van der Waals surface area contributed by atoms with Crippen molar-refractivity contribution < 1.29 is 14.3 Å². The lowest BCUT2D eigenvalue weighted by Crippen LogP contribution is -2.52. The average Bonchev–Trinajstić information content (AvgIpc) is 3.04. The minimum absolute atomic E-state index is 0.150. The first-order valence-electron chi connectivity index (χ1n) is 10.8. The highest BCUT2D eigenvalue weighted by Gasteiger charge is 2.54. The fraction of sp³-hybridized carbons (Fsp3) is 0.458. The Bertz CT molecular complexity index is 907. The number of carbonyl (C=O) groups is 2. The Hall–Kier alpha value is -2.73. The Kier molecular flexibility index (Phi) is 5.86. The second-order valence-corrected chi connectivity index (χ2v) is 8.05. The van der Waals surface area contributed by atoms with E-state index in [0.29, 0.717) is 31.7 Å². The molecule has 1 aromatic carbocycles. The van der Waals surface area contributed by atoms with Crippen molar-refractivity contribution in [2.75, 3.05) is 19.7 Å². The van der Waals surface area contributed by atoms with E-state index in [1.165, 1.54) is 5.56 Å². The van der Waals surface area contributed by atoms with Crippen molar-refractivity contribution in [3.63, 3.8) is 0 Å². The molecule has 4 rings (SSSR count). The summed E-state index contributed by atoms with van der Waals surface area (Å²) in [5.41, 5.74) is 2.69. The van der Waals surface area contributed by atoms with Crippen molar-refractivity contribution in [3.05, 3.63) is 65.5 Å². The molecule has 6 heteroatoms. The minimum Gasteiger partial charge on any atom is -0.375 e. The third-order valence-electron chi connectivity index (χ3n) is 6.55. The van der Waals surface area contributed by atoms with Crippen LogP contribution >= 0.6 is 0 Å². The molecule has 1 aromatic heterocycles. The van der Waals surface area contributed by atoms with Crippen LogP contribution in [0.2, 0.25) is 0 Å². The van der Waals surface area contributed by atoms with E-state index in [9.17, 15) is 9.59 Å². The number of hydrogen-bond donors (Lipinski definition) is 1. The van der Waals surface area contributed by atoms with E-state index in [1.807, 2.05) is 24.8 Å². The molecule has 6 nitrogen and oxygen atoms in total. The standard InChI is InChI=1S/C24H29N3O3/c1-3-20(28)27-14-11-24(12-15-27)19-10-6-5-9-18(19)21(22(24)30-4-2)26-23(29)17-8-7-13-25-16-17/h5-10,13,16,21-22H,3-4,11-12,14-15H2,1-2H3,(H,26,29)/t21-,22+/m1/s1. The monoisotopic (exact) mass is 407 g/mol. The zero-order valence-corrected chi connectivity index (χ0v) is 17.6. The predicted molar refractivity (Wildman–Crippen MR) is 114 cm³/mol. The van der Waals surface area contributed by atoms with E-state index >= 15 is 0 Å². The lowest BCUT2D eigenvalue weighted by Gasteiger charge is -2.44. The van der Waals surface area contributed by atoms with E-state index in [1.54, 1.807) is 24.5 Å². The van der Waals surface area contributed by atoms with Crippen LogP contribution in [0.5, 0.6) is 0 Å². The summed E-state index contributed by atoms with van der Waals surface area (Å²) in [6.45, 7) is 5.90. The number of rotatable bonds is 5. The second-order valence-electron chi connectivity index (χ2n) is 8.05. The molecule has 30 heavy (non-hydrogen) atoms. The van der Waals surface area contributed by atoms with Crippen LogP contribution in [0.25, 0.3) is 0 Å². The van der Waals surface area contributed by atoms with Gasteiger partial charge < -0.3 is 15.0 Å². The molecule has 1 spiro atoms. The van der Waals surface area contributed by atoms with Crippen LogP contribution in [0.3, 0.4) is 0 Å². The number of fused-ring (bicyclic) bond motifs is 2. The SMILES string of the molecule is CCO[C@H]1[C@H](NC(=O)c2cccnc2)c2ccccc2C12CCN(C(=O)CC)CC2. The van der Waals surface area contributed by atoms with Crippen molar-refractivity contribution in [1.29, 1.82) is 0 Å². The van der Waals surface area contributed by atoms with Gasteiger partial charge in [-0.05, 0) is 43.0 Å². The van der Waals surface area contributed by atoms with Gasteiger partial charge in [0.1, 0.15) is 0 Å². The Morgan fingerprint density at radius 1 is 1.17 bits per heavy atom. The highest BCUT2D eigenvalue weighted by molar-refractivity contribution is 5.94. The van der Waals surface area contributed by atoms with Crippen LogP contribution in [-0.4, -0.2) is 47.5 Å². The molecule has 0 bridgehead atoms. The third-order valence-corrected chi connectivity index (χ3v) is 6.55. The first-order chi connectivity index (χ1) is 14.6. The molecule has 1 saturated heterocycles. The van der Waals surface area contributed by atoms with Crippen LogP contribution in [0.15, 0.2) is 48.8 Å². The normalized spacial score (nSPS) is 22.0. The van der Waals surface area contributed by atoms with Gasteiger partial charge in [-0.2, -0.15) is 0 Å². The van der Waals surface area contributed by atoms with Crippen molar-refractivity contribution in [2.45, 2.75) is 50.7 Å². The van der Waals surface area contributed by atoms with E-state index in [2.05, 4.69) is 28.5 Å². The van der Waals surface area contributed by atoms with Crippen LogP contribution in [0.1, 0.15) is 60.6 Å². The number of ether oxygens (including phenoxy) is 1. The van der Waals surface area contributed by atoms with Gasteiger partial charge in [0.05, 0.1) is 17.7 Å². The number of benzene rings is 1. The van der Waals surface area contributed by atoms with Crippen LogP contribution in [-0.2, 0) is 14.9 Å². The van der Waals surface area contributed by atoms with Gasteiger partial charge in [0, 0.05) is 43.9 Å². The fourth-order valence-electron chi connectivity index (χ4n) is 5.10. The number of carbonyl (C=O) groups excluding carboxylic acids is 2. The molecule has 2 heterocycles. The van der Waals surface area contributed by atoms with Crippen molar-refractivity contribution in [3.8, 4) is 0 Å². The van der Waals surface area contributed by atoms with Gasteiger partial charge in [-0.25, -0.2) is 0 Å². The maximum Gasteiger partial charge on any atom is 0.253 e. The molecule has 2 amide bonds. The quantitative estimate of drug-likeness (QED) is 0.826. The number of aromatic nitrogens is 1. The summed E-state index contributed by atoms with van der Waals surface area (Å²) in [5, 5.41) is 3.22. The summed E-state index contributed by atoms with van der Waals surface area (Å²) in [7, 11) is 0. The fourth-order valence-corrected chi connectivity index (χ4v) is 5.10. The largest absolute Gasteiger partial charge is 0.375 e. The molecule has 2 atom stereocenters. The number of hydrogen-bond acceptors (Lipinski definition) is 4. The van der Waals surface area contributed by atoms with Crippen LogP contribution < -0.4 is 5.32 Å². The van der Waals surface area contributed by atoms with Crippen molar-refractivity contribution >= 4 is 11.8 Å². The number of nitrogens with one attached hydrogen (secondary N) is 1. The lowest BCUT2D eigenvalue weighted by molar-refractivity contribution is -0.133. The molecule has 1 fully saturated rings. The second kappa shape index (κ2) is 8.56. The molecule has 2 aliphatic rings. The number of pyridine rings is 1. The van der Waals surface area contributed by atoms with Gasteiger partial charge in [-0.3, -0.25) is 14.6 Å². The van der Waals surface area contributed by atoms with Crippen molar-refractivity contribution in [2.24, 2.45) is 0 Å². The summed E-state index contributed by atoms with van der Waals surface area (Å²) in [6.07, 6.45) is 5.27.